The number of benzene rings is 3. The van der Waals surface area contributed by atoms with E-state index in [1.54, 1.807) is 25.3 Å². The normalized spacial score (nSPS) is 16.1. The quantitative estimate of drug-likeness (QED) is 0.304. The molecule has 1 atom stereocenters. The van der Waals surface area contributed by atoms with Crippen LogP contribution in [-0.4, -0.2) is 37.2 Å². The number of carbonyl (C=O) groups is 2. The zero-order chi connectivity index (χ0) is 24.5. The lowest BCUT2D eigenvalue weighted by atomic mass is 9.84. The van der Waals surface area contributed by atoms with E-state index < -0.39 is 11.9 Å². The Hall–Kier alpha value is -4.00. The summed E-state index contributed by atoms with van der Waals surface area (Å²) in [6.45, 7) is 2.59. The molecule has 1 N–H and O–H groups in total. The highest BCUT2D eigenvalue weighted by atomic mass is 16.5. The van der Waals surface area contributed by atoms with Gasteiger partial charge in [0.25, 0.3) is 0 Å². The fourth-order valence-corrected chi connectivity index (χ4v) is 4.71. The van der Waals surface area contributed by atoms with Crippen LogP contribution < -0.4 is 18.9 Å². The molecule has 0 bridgehead atoms. The van der Waals surface area contributed by atoms with Crippen LogP contribution in [0.2, 0.25) is 0 Å². The van der Waals surface area contributed by atoms with E-state index in [-0.39, 0.29) is 29.3 Å². The molecule has 0 saturated heterocycles. The van der Waals surface area contributed by atoms with Gasteiger partial charge in [-0.25, -0.2) is 0 Å². The molecule has 0 aliphatic carbocycles. The second-order valence-electron chi connectivity index (χ2n) is 8.71. The molecule has 35 heavy (non-hydrogen) atoms. The van der Waals surface area contributed by atoms with E-state index in [1.807, 2.05) is 12.1 Å². The van der Waals surface area contributed by atoms with Crippen LogP contribution >= 0.6 is 0 Å². The van der Waals surface area contributed by atoms with Gasteiger partial charge in [-0.2, -0.15) is 0 Å². The third kappa shape index (κ3) is 4.41. The first kappa shape index (κ1) is 22.8. The summed E-state index contributed by atoms with van der Waals surface area (Å²) in [5.74, 6) is 1.01. The predicted molar refractivity (Wildman–Crippen MR) is 128 cm³/mol. The monoisotopic (exact) mass is 474 g/mol. The van der Waals surface area contributed by atoms with Gasteiger partial charge < -0.3 is 24.1 Å². The number of hydrogen-bond acceptors (Lipinski definition) is 7. The number of phenols is 1. The molecule has 0 fully saturated rings. The predicted octanol–water partition coefficient (Wildman–Crippen LogP) is 4.60. The molecule has 2 heterocycles. The smallest absolute Gasteiger partial charge is 0.312 e. The van der Waals surface area contributed by atoms with Crippen LogP contribution in [0.4, 0.5) is 0 Å². The van der Waals surface area contributed by atoms with Crippen LogP contribution in [0.3, 0.4) is 0 Å². The maximum Gasteiger partial charge on any atom is 0.312 e. The van der Waals surface area contributed by atoms with Gasteiger partial charge in [0, 0.05) is 24.3 Å². The Kier molecular flexibility index (Phi) is 6.07. The standard InChI is InChI=1S/C28H26O7/c1-16(29)20-5-8-24-27(28(20)31)21(15-26(30)35-24)18-4-7-23(25(14-18)32-2)34-11-9-17-3-6-22-19(13-17)10-12-33-22/h3-8,13-14,21,31H,9-12,15H2,1-2H3/t21-/m1/s1. The number of phenolic OH excluding ortho intramolecular Hbond substituents is 1. The van der Waals surface area contributed by atoms with E-state index in [9.17, 15) is 14.7 Å². The van der Waals surface area contributed by atoms with Crippen LogP contribution in [-0.2, 0) is 17.6 Å². The SMILES string of the molecule is COc1cc([C@H]2CC(=O)Oc3ccc(C(C)=O)c(O)c32)ccc1OCCc1ccc2c(c1)CCO2. The molecule has 0 aromatic heterocycles. The summed E-state index contributed by atoms with van der Waals surface area (Å²) in [6.07, 6.45) is 1.70. The third-order valence-corrected chi connectivity index (χ3v) is 6.49. The molecule has 7 heteroatoms. The van der Waals surface area contributed by atoms with Crippen molar-refractivity contribution < 1.29 is 33.6 Å². The number of hydrogen-bond donors (Lipinski definition) is 1. The van der Waals surface area contributed by atoms with Gasteiger partial charge in [0.05, 0.1) is 32.3 Å². The van der Waals surface area contributed by atoms with Crippen molar-refractivity contribution in [3.05, 3.63) is 76.3 Å². The van der Waals surface area contributed by atoms with Gasteiger partial charge in [0.2, 0.25) is 0 Å². The molecule has 7 nitrogen and oxygen atoms in total. The van der Waals surface area contributed by atoms with Crippen molar-refractivity contribution >= 4 is 11.8 Å². The first-order chi connectivity index (χ1) is 16.9. The topological polar surface area (TPSA) is 91.3 Å². The van der Waals surface area contributed by atoms with Gasteiger partial charge >= 0.3 is 5.97 Å². The molecule has 0 amide bonds. The molecule has 3 aromatic rings. The summed E-state index contributed by atoms with van der Waals surface area (Å²) in [5.41, 5.74) is 3.78. The molecule has 0 unspecified atom stereocenters. The molecule has 5 rings (SSSR count). The van der Waals surface area contributed by atoms with Gasteiger partial charge in [-0.15, -0.1) is 0 Å². The highest BCUT2D eigenvalue weighted by Crippen LogP contribution is 2.46. The average Bonchev–Trinajstić information content (AvgIpc) is 3.31. The van der Waals surface area contributed by atoms with E-state index in [1.165, 1.54) is 24.1 Å². The van der Waals surface area contributed by atoms with Gasteiger partial charge in [0.15, 0.2) is 17.3 Å². The molecule has 3 aromatic carbocycles. The lowest BCUT2D eigenvalue weighted by Crippen LogP contribution is -2.21. The molecular formula is C28H26O7. The van der Waals surface area contributed by atoms with Crippen LogP contribution in [0.15, 0.2) is 48.5 Å². The zero-order valence-electron chi connectivity index (χ0n) is 19.6. The van der Waals surface area contributed by atoms with Crippen molar-refractivity contribution in [2.45, 2.75) is 32.1 Å². The van der Waals surface area contributed by atoms with Crippen molar-refractivity contribution in [3.63, 3.8) is 0 Å². The summed E-state index contributed by atoms with van der Waals surface area (Å²) in [4.78, 5) is 24.2. The fourth-order valence-electron chi connectivity index (χ4n) is 4.71. The minimum Gasteiger partial charge on any atom is -0.507 e. The number of aromatic hydroxyl groups is 1. The van der Waals surface area contributed by atoms with Crippen LogP contribution in [0, 0.1) is 0 Å². The molecule has 0 spiro atoms. The number of methoxy groups -OCH3 is 1. The molecule has 0 radical (unpaired) electrons. The van der Waals surface area contributed by atoms with E-state index in [2.05, 4.69) is 12.1 Å². The number of rotatable bonds is 7. The van der Waals surface area contributed by atoms with Crippen molar-refractivity contribution in [1.29, 1.82) is 0 Å². The van der Waals surface area contributed by atoms with Crippen LogP contribution in [0.25, 0.3) is 0 Å². The van der Waals surface area contributed by atoms with Crippen molar-refractivity contribution in [3.8, 4) is 28.7 Å². The Morgan fingerprint density at radius 1 is 1.09 bits per heavy atom. The first-order valence-corrected chi connectivity index (χ1v) is 11.6. The number of carbonyl (C=O) groups excluding carboxylic acids is 2. The van der Waals surface area contributed by atoms with E-state index >= 15 is 0 Å². The summed E-state index contributed by atoms with van der Waals surface area (Å²) in [6, 6.07) is 14.7. The van der Waals surface area contributed by atoms with Crippen molar-refractivity contribution in [2.24, 2.45) is 0 Å². The molecule has 0 saturated carbocycles. The highest BCUT2D eigenvalue weighted by Gasteiger charge is 2.33. The first-order valence-electron chi connectivity index (χ1n) is 11.6. The Morgan fingerprint density at radius 3 is 2.71 bits per heavy atom. The Balaban J connectivity index is 1.37. The Bertz CT molecular complexity index is 1310. The maximum atomic E-state index is 12.3. The number of ether oxygens (including phenoxy) is 4. The number of fused-ring (bicyclic) bond motifs is 2. The zero-order valence-corrected chi connectivity index (χ0v) is 19.6. The molecule has 2 aliphatic heterocycles. The number of esters is 1. The number of Topliss-reactive ketones (excluding diaryl/α,β-unsaturated/α-hetero) is 1. The summed E-state index contributed by atoms with van der Waals surface area (Å²) >= 11 is 0. The Morgan fingerprint density at radius 2 is 1.91 bits per heavy atom. The van der Waals surface area contributed by atoms with Crippen LogP contribution in [0.5, 0.6) is 28.7 Å². The van der Waals surface area contributed by atoms with Gasteiger partial charge in [-0.1, -0.05) is 18.2 Å². The highest BCUT2D eigenvalue weighted by molar-refractivity contribution is 5.98. The van der Waals surface area contributed by atoms with Gasteiger partial charge in [0.1, 0.15) is 17.2 Å². The van der Waals surface area contributed by atoms with Gasteiger partial charge in [-0.3, -0.25) is 9.59 Å². The number of ketones is 1. The molecule has 180 valence electrons. The molecule has 2 aliphatic rings. The Labute approximate surface area is 203 Å². The van der Waals surface area contributed by atoms with E-state index in [0.717, 1.165) is 30.8 Å². The maximum absolute atomic E-state index is 12.3. The van der Waals surface area contributed by atoms with E-state index in [4.69, 9.17) is 18.9 Å². The lowest BCUT2D eigenvalue weighted by Gasteiger charge is -2.27. The second-order valence-corrected chi connectivity index (χ2v) is 8.71. The lowest BCUT2D eigenvalue weighted by molar-refractivity contribution is -0.135. The summed E-state index contributed by atoms with van der Waals surface area (Å²) < 4.78 is 22.5. The third-order valence-electron chi connectivity index (χ3n) is 6.49. The van der Waals surface area contributed by atoms with Crippen molar-refractivity contribution in [1.82, 2.24) is 0 Å². The van der Waals surface area contributed by atoms with Crippen molar-refractivity contribution in [2.75, 3.05) is 20.3 Å². The summed E-state index contributed by atoms with van der Waals surface area (Å²) in [5, 5.41) is 10.8. The average molecular weight is 475 g/mol. The van der Waals surface area contributed by atoms with Crippen LogP contribution in [0.1, 0.15) is 51.9 Å². The second kappa shape index (κ2) is 9.33. The molecular weight excluding hydrogens is 448 g/mol. The fraction of sp³-hybridized carbons (Fsp3) is 0.286. The van der Waals surface area contributed by atoms with Gasteiger partial charge in [-0.05, 0) is 53.9 Å². The summed E-state index contributed by atoms with van der Waals surface area (Å²) in [7, 11) is 1.56. The largest absolute Gasteiger partial charge is 0.507 e. The minimum absolute atomic E-state index is 0.0350. The van der Waals surface area contributed by atoms with E-state index in [0.29, 0.717) is 23.7 Å². The minimum atomic E-state index is -0.484.